The third kappa shape index (κ3) is 3.24. The summed E-state index contributed by atoms with van der Waals surface area (Å²) in [5.74, 6) is 0.420. The molecule has 3 aromatic rings. The standard InChI is InChI=1S/C19H16FN3O2/c20-15-2-4-17(5-3-15)23-9-7-16(22-23)12-21-19(24)14-1-6-18-13(11-14)8-10-25-18/h1-7,9,11H,8,10,12H2,(H,21,24). The zero-order valence-electron chi connectivity index (χ0n) is 13.4. The van der Waals surface area contributed by atoms with Gasteiger partial charge in [0.25, 0.3) is 5.91 Å². The molecule has 0 unspecified atom stereocenters. The van der Waals surface area contributed by atoms with Crippen LogP contribution in [0.4, 0.5) is 4.39 Å². The molecule has 0 aliphatic carbocycles. The van der Waals surface area contributed by atoms with Crippen LogP contribution in [0.3, 0.4) is 0 Å². The molecule has 0 radical (unpaired) electrons. The largest absolute Gasteiger partial charge is 0.493 e. The number of nitrogens with zero attached hydrogens (tertiary/aromatic N) is 2. The molecule has 2 aromatic carbocycles. The van der Waals surface area contributed by atoms with Crippen molar-refractivity contribution in [2.45, 2.75) is 13.0 Å². The van der Waals surface area contributed by atoms with Crippen molar-refractivity contribution in [3.8, 4) is 11.4 Å². The molecule has 0 fully saturated rings. The van der Waals surface area contributed by atoms with E-state index in [1.807, 2.05) is 18.2 Å². The molecule has 0 saturated heterocycles. The third-order valence-electron chi connectivity index (χ3n) is 4.12. The average Bonchev–Trinajstić information content (AvgIpc) is 3.29. The number of fused-ring (bicyclic) bond motifs is 1. The number of halogens is 1. The highest BCUT2D eigenvalue weighted by atomic mass is 19.1. The molecule has 1 aliphatic heterocycles. The molecule has 1 aromatic heterocycles. The fraction of sp³-hybridized carbons (Fsp3) is 0.158. The molecule has 0 atom stereocenters. The Morgan fingerprint density at radius 3 is 2.88 bits per heavy atom. The van der Waals surface area contributed by atoms with Crippen molar-refractivity contribution in [3.05, 3.63) is 77.4 Å². The van der Waals surface area contributed by atoms with Gasteiger partial charge in [-0.05, 0) is 54.1 Å². The van der Waals surface area contributed by atoms with Crippen molar-refractivity contribution >= 4 is 5.91 Å². The van der Waals surface area contributed by atoms with E-state index in [4.69, 9.17) is 4.74 Å². The molecular formula is C19H16FN3O2. The molecule has 1 amide bonds. The van der Waals surface area contributed by atoms with Crippen LogP contribution in [-0.2, 0) is 13.0 Å². The second-order valence-corrected chi connectivity index (χ2v) is 5.83. The van der Waals surface area contributed by atoms with E-state index < -0.39 is 0 Å². The summed E-state index contributed by atoms with van der Waals surface area (Å²) in [6.45, 7) is 0.988. The molecule has 126 valence electrons. The highest BCUT2D eigenvalue weighted by molar-refractivity contribution is 5.94. The van der Waals surface area contributed by atoms with Crippen LogP contribution in [0.25, 0.3) is 5.69 Å². The Balaban J connectivity index is 1.41. The molecule has 1 aliphatic rings. The molecule has 0 spiro atoms. The van der Waals surface area contributed by atoms with Gasteiger partial charge < -0.3 is 10.1 Å². The van der Waals surface area contributed by atoms with Gasteiger partial charge in [-0.25, -0.2) is 9.07 Å². The predicted molar refractivity (Wildman–Crippen MR) is 90.3 cm³/mol. The molecular weight excluding hydrogens is 321 g/mol. The molecule has 4 rings (SSSR count). The minimum atomic E-state index is -0.289. The van der Waals surface area contributed by atoms with E-state index in [1.165, 1.54) is 12.1 Å². The maximum absolute atomic E-state index is 13.0. The number of benzene rings is 2. The highest BCUT2D eigenvalue weighted by Gasteiger charge is 2.15. The van der Waals surface area contributed by atoms with Gasteiger partial charge in [-0.1, -0.05) is 0 Å². The SMILES string of the molecule is O=C(NCc1ccn(-c2ccc(F)cc2)n1)c1ccc2c(c1)CCO2. The van der Waals surface area contributed by atoms with Gasteiger partial charge in [-0.3, -0.25) is 4.79 Å². The monoisotopic (exact) mass is 337 g/mol. The quantitative estimate of drug-likeness (QED) is 0.796. The molecule has 1 N–H and O–H groups in total. The lowest BCUT2D eigenvalue weighted by atomic mass is 10.1. The van der Waals surface area contributed by atoms with Crippen LogP contribution in [0.5, 0.6) is 5.75 Å². The topological polar surface area (TPSA) is 56.2 Å². The highest BCUT2D eigenvalue weighted by Crippen LogP contribution is 2.25. The Labute approximate surface area is 144 Å². The van der Waals surface area contributed by atoms with E-state index in [9.17, 15) is 9.18 Å². The second-order valence-electron chi connectivity index (χ2n) is 5.83. The number of amides is 1. The van der Waals surface area contributed by atoms with E-state index >= 15 is 0 Å². The van der Waals surface area contributed by atoms with Gasteiger partial charge >= 0.3 is 0 Å². The second kappa shape index (κ2) is 6.39. The zero-order chi connectivity index (χ0) is 17.2. The maximum Gasteiger partial charge on any atom is 0.251 e. The first kappa shape index (κ1) is 15.4. The fourth-order valence-corrected chi connectivity index (χ4v) is 2.79. The molecule has 5 nitrogen and oxygen atoms in total. The summed E-state index contributed by atoms with van der Waals surface area (Å²) >= 11 is 0. The van der Waals surface area contributed by atoms with E-state index in [1.54, 1.807) is 29.1 Å². The van der Waals surface area contributed by atoms with Crippen LogP contribution in [0.2, 0.25) is 0 Å². The van der Waals surface area contributed by atoms with Crippen molar-refractivity contribution in [1.82, 2.24) is 15.1 Å². The van der Waals surface area contributed by atoms with Gasteiger partial charge in [-0.15, -0.1) is 0 Å². The zero-order valence-corrected chi connectivity index (χ0v) is 13.4. The number of hydrogen-bond donors (Lipinski definition) is 1. The molecule has 0 saturated carbocycles. The van der Waals surface area contributed by atoms with Gasteiger partial charge in [0.15, 0.2) is 0 Å². The normalized spacial score (nSPS) is 12.5. The Morgan fingerprint density at radius 1 is 1.20 bits per heavy atom. The number of carbonyl (C=O) groups is 1. The lowest BCUT2D eigenvalue weighted by Gasteiger charge is -2.05. The summed E-state index contributed by atoms with van der Waals surface area (Å²) < 4.78 is 20.1. The minimum absolute atomic E-state index is 0.147. The van der Waals surface area contributed by atoms with E-state index in [-0.39, 0.29) is 11.7 Å². The van der Waals surface area contributed by atoms with E-state index in [2.05, 4.69) is 10.4 Å². The average molecular weight is 337 g/mol. The van der Waals surface area contributed by atoms with Crippen LogP contribution < -0.4 is 10.1 Å². The first-order chi connectivity index (χ1) is 12.2. The molecule has 0 bridgehead atoms. The van der Waals surface area contributed by atoms with Crippen molar-refractivity contribution in [3.63, 3.8) is 0 Å². The smallest absolute Gasteiger partial charge is 0.251 e. The van der Waals surface area contributed by atoms with Crippen LogP contribution in [0.1, 0.15) is 21.6 Å². The Morgan fingerprint density at radius 2 is 2.04 bits per heavy atom. The maximum atomic E-state index is 13.0. The van der Waals surface area contributed by atoms with Crippen LogP contribution in [0, 0.1) is 5.82 Å². The molecule has 6 heteroatoms. The Kier molecular flexibility index (Phi) is 3.93. The Hall–Kier alpha value is -3.15. The van der Waals surface area contributed by atoms with Crippen molar-refractivity contribution in [2.75, 3.05) is 6.61 Å². The Bertz CT molecular complexity index is 919. The molecule has 2 heterocycles. The number of hydrogen-bond acceptors (Lipinski definition) is 3. The van der Waals surface area contributed by atoms with Gasteiger partial charge in [0.1, 0.15) is 11.6 Å². The number of nitrogens with one attached hydrogen (secondary N) is 1. The summed E-state index contributed by atoms with van der Waals surface area (Å²) in [5.41, 5.74) is 3.16. The summed E-state index contributed by atoms with van der Waals surface area (Å²) in [7, 11) is 0. The molecule has 25 heavy (non-hydrogen) atoms. The van der Waals surface area contributed by atoms with Gasteiger partial charge in [0.05, 0.1) is 24.5 Å². The number of ether oxygens (including phenoxy) is 1. The fourth-order valence-electron chi connectivity index (χ4n) is 2.79. The van der Waals surface area contributed by atoms with Gasteiger partial charge in [0.2, 0.25) is 0 Å². The predicted octanol–water partition coefficient (Wildman–Crippen LogP) is 2.88. The van der Waals surface area contributed by atoms with E-state index in [0.29, 0.717) is 18.7 Å². The number of aromatic nitrogens is 2. The van der Waals surface area contributed by atoms with Crippen LogP contribution in [-0.4, -0.2) is 22.3 Å². The lowest BCUT2D eigenvalue weighted by molar-refractivity contribution is 0.0950. The lowest BCUT2D eigenvalue weighted by Crippen LogP contribution is -2.23. The van der Waals surface area contributed by atoms with E-state index in [0.717, 1.165) is 29.1 Å². The van der Waals surface area contributed by atoms with Crippen molar-refractivity contribution in [1.29, 1.82) is 0 Å². The summed E-state index contributed by atoms with van der Waals surface area (Å²) in [5, 5.41) is 7.26. The summed E-state index contributed by atoms with van der Waals surface area (Å²) in [6, 6.07) is 13.4. The van der Waals surface area contributed by atoms with Gasteiger partial charge in [-0.2, -0.15) is 5.10 Å². The van der Waals surface area contributed by atoms with Crippen LogP contribution >= 0.6 is 0 Å². The van der Waals surface area contributed by atoms with Crippen molar-refractivity contribution < 1.29 is 13.9 Å². The number of carbonyl (C=O) groups excluding carboxylic acids is 1. The van der Waals surface area contributed by atoms with Gasteiger partial charge in [0, 0.05) is 18.2 Å². The van der Waals surface area contributed by atoms with Crippen LogP contribution in [0.15, 0.2) is 54.7 Å². The summed E-state index contributed by atoms with van der Waals surface area (Å²) in [4.78, 5) is 12.3. The third-order valence-corrected chi connectivity index (χ3v) is 4.12. The first-order valence-corrected chi connectivity index (χ1v) is 8.03. The first-order valence-electron chi connectivity index (χ1n) is 8.03. The number of rotatable bonds is 4. The van der Waals surface area contributed by atoms with Crippen molar-refractivity contribution in [2.24, 2.45) is 0 Å². The summed E-state index contributed by atoms with van der Waals surface area (Å²) in [6.07, 6.45) is 2.61. The minimum Gasteiger partial charge on any atom is -0.493 e.